The van der Waals surface area contributed by atoms with E-state index >= 15 is 0 Å². The molecule has 0 fully saturated rings. The Morgan fingerprint density at radius 2 is 1.86 bits per heavy atom. The number of rotatable bonds is 9. The van der Waals surface area contributed by atoms with Crippen molar-refractivity contribution in [2.45, 2.75) is 64.8 Å². The molecule has 1 aromatic rings. The molecule has 0 saturated carbocycles. The minimum Gasteiger partial charge on any atom is -0.381 e. The molecule has 1 aliphatic carbocycles. The zero-order valence-corrected chi connectivity index (χ0v) is 13.8. The number of nitrogens with one attached hydrogen (secondary N) is 1. The van der Waals surface area contributed by atoms with Gasteiger partial charge in [0.15, 0.2) is 0 Å². The van der Waals surface area contributed by atoms with E-state index in [4.69, 9.17) is 4.74 Å². The van der Waals surface area contributed by atoms with Gasteiger partial charge < -0.3 is 10.1 Å². The third-order valence-corrected chi connectivity index (χ3v) is 4.43. The van der Waals surface area contributed by atoms with E-state index in [9.17, 15) is 0 Å². The fraction of sp³-hybridized carbons (Fsp3) is 0.684. The molecule has 2 heteroatoms. The van der Waals surface area contributed by atoms with Crippen LogP contribution in [-0.2, 0) is 17.6 Å². The first-order valence-electron chi connectivity index (χ1n) is 8.74. The molecule has 0 saturated heterocycles. The standard InChI is InChI=1S/C19H31NO/c1-3-4-13-21-14-7-12-20-16(2)18-11-10-17-8-5-6-9-19(17)15-18/h10-11,15-16,20H,3-9,12-14H2,1-2H3. The molecule has 1 aromatic carbocycles. The van der Waals surface area contributed by atoms with E-state index in [1.54, 1.807) is 11.1 Å². The van der Waals surface area contributed by atoms with E-state index in [2.05, 4.69) is 37.4 Å². The van der Waals surface area contributed by atoms with Gasteiger partial charge in [-0.2, -0.15) is 0 Å². The number of unbranched alkanes of at least 4 members (excludes halogenated alkanes) is 1. The molecule has 118 valence electrons. The van der Waals surface area contributed by atoms with Crippen LogP contribution in [0.15, 0.2) is 18.2 Å². The van der Waals surface area contributed by atoms with Gasteiger partial charge in [0.2, 0.25) is 0 Å². The van der Waals surface area contributed by atoms with E-state index in [1.165, 1.54) is 44.1 Å². The number of ether oxygens (including phenoxy) is 1. The first-order valence-corrected chi connectivity index (χ1v) is 8.74. The molecule has 0 heterocycles. The third kappa shape index (κ3) is 5.44. The van der Waals surface area contributed by atoms with Gasteiger partial charge in [0.1, 0.15) is 0 Å². The van der Waals surface area contributed by atoms with Crippen molar-refractivity contribution < 1.29 is 4.74 Å². The van der Waals surface area contributed by atoms with Crippen molar-refractivity contribution in [3.8, 4) is 0 Å². The summed E-state index contributed by atoms with van der Waals surface area (Å²) in [5, 5.41) is 3.62. The molecule has 0 bridgehead atoms. The third-order valence-electron chi connectivity index (χ3n) is 4.43. The van der Waals surface area contributed by atoms with E-state index in [-0.39, 0.29) is 0 Å². The van der Waals surface area contributed by atoms with Gasteiger partial charge in [0, 0.05) is 19.3 Å². The topological polar surface area (TPSA) is 21.3 Å². The van der Waals surface area contributed by atoms with E-state index in [0.717, 1.165) is 26.2 Å². The molecule has 0 aromatic heterocycles. The summed E-state index contributed by atoms with van der Waals surface area (Å²) in [6.07, 6.45) is 8.74. The number of fused-ring (bicyclic) bond motifs is 1. The lowest BCUT2D eigenvalue weighted by Crippen LogP contribution is -2.21. The zero-order valence-electron chi connectivity index (χ0n) is 13.8. The first kappa shape index (κ1) is 16.5. The van der Waals surface area contributed by atoms with Crippen LogP contribution < -0.4 is 5.32 Å². The Morgan fingerprint density at radius 1 is 1.10 bits per heavy atom. The summed E-state index contributed by atoms with van der Waals surface area (Å²) in [6.45, 7) is 7.29. The molecule has 1 atom stereocenters. The average molecular weight is 289 g/mol. The van der Waals surface area contributed by atoms with Crippen molar-refractivity contribution in [1.82, 2.24) is 5.32 Å². The average Bonchev–Trinajstić information content (AvgIpc) is 2.53. The van der Waals surface area contributed by atoms with Gasteiger partial charge >= 0.3 is 0 Å². The van der Waals surface area contributed by atoms with Crippen LogP contribution in [0.25, 0.3) is 0 Å². The summed E-state index contributed by atoms with van der Waals surface area (Å²) in [7, 11) is 0. The Labute approximate surface area is 130 Å². The van der Waals surface area contributed by atoms with Crippen LogP contribution in [0.2, 0.25) is 0 Å². The van der Waals surface area contributed by atoms with Gasteiger partial charge in [-0.25, -0.2) is 0 Å². The minimum atomic E-state index is 0.438. The van der Waals surface area contributed by atoms with Crippen molar-refractivity contribution in [1.29, 1.82) is 0 Å². The van der Waals surface area contributed by atoms with Gasteiger partial charge in [0.05, 0.1) is 0 Å². The largest absolute Gasteiger partial charge is 0.381 e. The summed E-state index contributed by atoms with van der Waals surface area (Å²) >= 11 is 0. The van der Waals surface area contributed by atoms with Crippen LogP contribution >= 0.6 is 0 Å². The number of aryl methyl sites for hydroxylation is 2. The Morgan fingerprint density at radius 3 is 2.67 bits per heavy atom. The monoisotopic (exact) mass is 289 g/mol. The highest BCUT2D eigenvalue weighted by Crippen LogP contribution is 2.24. The van der Waals surface area contributed by atoms with Crippen LogP contribution in [0.3, 0.4) is 0 Å². The Bertz CT molecular complexity index is 416. The van der Waals surface area contributed by atoms with Gasteiger partial charge in [-0.05, 0) is 68.7 Å². The normalized spacial score (nSPS) is 15.7. The van der Waals surface area contributed by atoms with Crippen molar-refractivity contribution in [2.24, 2.45) is 0 Å². The fourth-order valence-corrected chi connectivity index (χ4v) is 2.98. The van der Waals surface area contributed by atoms with Crippen LogP contribution in [0.4, 0.5) is 0 Å². The van der Waals surface area contributed by atoms with Crippen molar-refractivity contribution >= 4 is 0 Å². The number of hydrogen-bond acceptors (Lipinski definition) is 2. The molecule has 0 radical (unpaired) electrons. The van der Waals surface area contributed by atoms with Crippen LogP contribution in [0, 0.1) is 0 Å². The molecular formula is C19H31NO. The highest BCUT2D eigenvalue weighted by molar-refractivity contribution is 5.35. The lowest BCUT2D eigenvalue weighted by atomic mass is 9.89. The van der Waals surface area contributed by atoms with Crippen molar-refractivity contribution in [2.75, 3.05) is 19.8 Å². The van der Waals surface area contributed by atoms with Crippen LogP contribution in [0.5, 0.6) is 0 Å². The van der Waals surface area contributed by atoms with Gasteiger partial charge in [-0.3, -0.25) is 0 Å². The predicted octanol–water partition coefficient (Wildman–Crippen LogP) is 4.42. The molecule has 21 heavy (non-hydrogen) atoms. The molecule has 0 aliphatic heterocycles. The summed E-state index contributed by atoms with van der Waals surface area (Å²) in [4.78, 5) is 0. The second kappa shape index (κ2) is 9.22. The lowest BCUT2D eigenvalue weighted by molar-refractivity contribution is 0.128. The van der Waals surface area contributed by atoms with Crippen LogP contribution in [0.1, 0.15) is 68.7 Å². The summed E-state index contributed by atoms with van der Waals surface area (Å²) in [5.41, 5.74) is 4.58. The smallest absolute Gasteiger partial charge is 0.0478 e. The molecule has 1 N–H and O–H groups in total. The highest BCUT2D eigenvalue weighted by atomic mass is 16.5. The molecule has 2 rings (SSSR count). The lowest BCUT2D eigenvalue weighted by Gasteiger charge is -2.20. The Hall–Kier alpha value is -0.860. The van der Waals surface area contributed by atoms with Crippen molar-refractivity contribution in [3.63, 3.8) is 0 Å². The number of benzene rings is 1. The van der Waals surface area contributed by atoms with Gasteiger partial charge in [-0.15, -0.1) is 0 Å². The fourth-order valence-electron chi connectivity index (χ4n) is 2.98. The van der Waals surface area contributed by atoms with Gasteiger partial charge in [-0.1, -0.05) is 31.5 Å². The molecule has 1 unspecified atom stereocenters. The zero-order chi connectivity index (χ0) is 14.9. The van der Waals surface area contributed by atoms with E-state index < -0.39 is 0 Å². The second-order valence-corrected chi connectivity index (χ2v) is 6.23. The maximum atomic E-state index is 5.60. The summed E-state index contributed by atoms with van der Waals surface area (Å²) in [5.74, 6) is 0. The highest BCUT2D eigenvalue weighted by Gasteiger charge is 2.11. The van der Waals surface area contributed by atoms with E-state index in [0.29, 0.717) is 6.04 Å². The maximum absolute atomic E-state index is 5.60. The van der Waals surface area contributed by atoms with Crippen molar-refractivity contribution in [3.05, 3.63) is 34.9 Å². The SMILES string of the molecule is CCCCOCCCNC(C)c1ccc2c(c1)CCCC2. The minimum absolute atomic E-state index is 0.438. The summed E-state index contributed by atoms with van der Waals surface area (Å²) < 4.78 is 5.60. The second-order valence-electron chi connectivity index (χ2n) is 6.23. The van der Waals surface area contributed by atoms with E-state index in [1.807, 2.05) is 0 Å². The molecule has 2 nitrogen and oxygen atoms in total. The summed E-state index contributed by atoms with van der Waals surface area (Å²) in [6, 6.07) is 7.51. The molecule has 0 amide bonds. The quantitative estimate of drug-likeness (QED) is 0.679. The molecule has 1 aliphatic rings. The first-order chi connectivity index (χ1) is 10.3. The van der Waals surface area contributed by atoms with Crippen LogP contribution in [-0.4, -0.2) is 19.8 Å². The maximum Gasteiger partial charge on any atom is 0.0478 e. The Kier molecular flexibility index (Phi) is 7.25. The van der Waals surface area contributed by atoms with Gasteiger partial charge in [0.25, 0.3) is 0 Å². The molecule has 0 spiro atoms. The predicted molar refractivity (Wildman–Crippen MR) is 89.8 cm³/mol. The molecular weight excluding hydrogens is 258 g/mol. The number of hydrogen-bond donors (Lipinski definition) is 1. The Balaban J connectivity index is 1.69.